The Morgan fingerprint density at radius 2 is 2.31 bits per heavy atom. The summed E-state index contributed by atoms with van der Waals surface area (Å²) < 4.78 is 0. The van der Waals surface area contributed by atoms with Crippen molar-refractivity contribution >= 4 is 22.5 Å². The number of halogens is 1. The van der Waals surface area contributed by atoms with E-state index < -0.39 is 0 Å². The first-order chi connectivity index (χ1) is 7.58. The van der Waals surface area contributed by atoms with Crippen molar-refractivity contribution in [2.45, 2.75) is 19.4 Å². The van der Waals surface area contributed by atoms with E-state index in [1.807, 2.05) is 31.3 Å². The fourth-order valence-corrected chi connectivity index (χ4v) is 1.90. The minimum absolute atomic E-state index is 0.00187. The Labute approximate surface area is 100 Å². The van der Waals surface area contributed by atoms with Crippen LogP contribution in [0.3, 0.4) is 0 Å². The summed E-state index contributed by atoms with van der Waals surface area (Å²) in [4.78, 5) is 3.22. The van der Waals surface area contributed by atoms with Crippen molar-refractivity contribution in [3.63, 3.8) is 0 Å². The van der Waals surface area contributed by atoms with Crippen LogP contribution in [0, 0.1) is 0 Å². The van der Waals surface area contributed by atoms with E-state index >= 15 is 0 Å². The van der Waals surface area contributed by atoms with Gasteiger partial charge in [0.2, 0.25) is 0 Å². The molecule has 3 heteroatoms. The molecule has 2 nitrogen and oxygen atoms in total. The number of aromatic nitrogens is 1. The number of fused-ring (bicyclic) bond motifs is 1. The molecule has 1 aromatic carbocycles. The predicted molar refractivity (Wildman–Crippen MR) is 69.8 cm³/mol. The van der Waals surface area contributed by atoms with Crippen molar-refractivity contribution in [3.8, 4) is 0 Å². The molecule has 1 unspecified atom stereocenters. The molecule has 3 N–H and O–H groups in total. The number of hydrogen-bond donors (Lipinski definition) is 2. The zero-order chi connectivity index (χ0) is 11.7. The molecule has 0 saturated carbocycles. The van der Waals surface area contributed by atoms with E-state index in [1.54, 1.807) is 0 Å². The van der Waals surface area contributed by atoms with Gasteiger partial charge in [-0.3, -0.25) is 0 Å². The van der Waals surface area contributed by atoms with Gasteiger partial charge in [-0.25, -0.2) is 0 Å². The van der Waals surface area contributed by atoms with E-state index in [-0.39, 0.29) is 6.04 Å². The molecule has 2 aromatic rings. The first-order valence-corrected chi connectivity index (χ1v) is 5.62. The van der Waals surface area contributed by atoms with Gasteiger partial charge in [0.05, 0.1) is 0 Å². The Morgan fingerprint density at radius 1 is 1.56 bits per heavy atom. The summed E-state index contributed by atoms with van der Waals surface area (Å²) in [5.74, 6) is 0. The van der Waals surface area contributed by atoms with Crippen LogP contribution in [0.1, 0.15) is 12.5 Å². The second-order valence-electron chi connectivity index (χ2n) is 4.16. The van der Waals surface area contributed by atoms with Crippen LogP contribution in [0.2, 0.25) is 5.02 Å². The molecule has 1 atom stereocenters. The maximum Gasteiger partial charge on any atom is 0.0457 e. The number of nitrogens with two attached hydrogens (primary N) is 1. The molecule has 1 aromatic heterocycles. The molecule has 0 spiro atoms. The molecule has 1 heterocycles. The van der Waals surface area contributed by atoms with Gasteiger partial charge in [-0.1, -0.05) is 23.8 Å². The molecule has 0 aliphatic rings. The number of nitrogens with one attached hydrogen (secondary N) is 1. The van der Waals surface area contributed by atoms with Crippen molar-refractivity contribution < 1.29 is 0 Å². The molecular formula is C13H15ClN2. The van der Waals surface area contributed by atoms with Gasteiger partial charge < -0.3 is 10.7 Å². The Morgan fingerprint density at radius 3 is 3.00 bits per heavy atom. The van der Waals surface area contributed by atoms with Gasteiger partial charge >= 0.3 is 0 Å². The zero-order valence-corrected chi connectivity index (χ0v) is 10.0. The molecule has 0 aliphatic heterocycles. The summed E-state index contributed by atoms with van der Waals surface area (Å²) in [5.41, 5.74) is 9.27. The first kappa shape index (κ1) is 11.2. The molecule has 0 aliphatic carbocycles. The normalized spacial score (nSPS) is 12.9. The van der Waals surface area contributed by atoms with Gasteiger partial charge in [-0.15, -0.1) is 0 Å². The molecule has 0 bridgehead atoms. The highest BCUT2D eigenvalue weighted by atomic mass is 35.5. The molecule has 84 valence electrons. The predicted octanol–water partition coefficient (Wildman–Crippen LogP) is 3.27. The van der Waals surface area contributed by atoms with Crippen LogP contribution in [-0.4, -0.2) is 11.0 Å². The van der Waals surface area contributed by atoms with Crippen LogP contribution >= 0.6 is 11.6 Å². The molecule has 0 radical (unpaired) electrons. The lowest BCUT2D eigenvalue weighted by atomic mass is 10.0. The van der Waals surface area contributed by atoms with Crippen molar-refractivity contribution in [1.82, 2.24) is 4.98 Å². The molecule has 16 heavy (non-hydrogen) atoms. The third kappa shape index (κ3) is 2.13. The highest BCUT2D eigenvalue weighted by Gasteiger charge is 2.09. The number of benzene rings is 1. The number of rotatable bonds is 3. The Bertz CT molecular complexity index is 528. The van der Waals surface area contributed by atoms with Crippen LogP contribution < -0.4 is 5.73 Å². The van der Waals surface area contributed by atoms with Gasteiger partial charge in [0, 0.05) is 28.2 Å². The van der Waals surface area contributed by atoms with E-state index in [9.17, 15) is 0 Å². The SMILES string of the molecule is C=C(C)C(N)Cc1c[nH]c2ccc(Cl)cc12. The summed E-state index contributed by atoms with van der Waals surface area (Å²) in [7, 11) is 0. The highest BCUT2D eigenvalue weighted by molar-refractivity contribution is 6.31. The quantitative estimate of drug-likeness (QED) is 0.787. The lowest BCUT2D eigenvalue weighted by molar-refractivity contribution is 0.770. The van der Waals surface area contributed by atoms with E-state index in [0.29, 0.717) is 0 Å². The summed E-state index contributed by atoms with van der Waals surface area (Å²) in [5, 5.41) is 1.89. The van der Waals surface area contributed by atoms with Crippen LogP contribution in [0.15, 0.2) is 36.5 Å². The van der Waals surface area contributed by atoms with Crippen molar-refractivity contribution in [2.24, 2.45) is 5.73 Å². The summed E-state index contributed by atoms with van der Waals surface area (Å²) in [6.07, 6.45) is 2.78. The molecular weight excluding hydrogens is 220 g/mol. The fourth-order valence-electron chi connectivity index (χ4n) is 1.73. The third-order valence-electron chi connectivity index (χ3n) is 2.80. The Balaban J connectivity index is 2.37. The average Bonchev–Trinajstić information content (AvgIpc) is 2.61. The van der Waals surface area contributed by atoms with Crippen molar-refractivity contribution in [3.05, 3.63) is 47.1 Å². The maximum atomic E-state index is 5.99. The summed E-state index contributed by atoms with van der Waals surface area (Å²) >= 11 is 5.98. The van der Waals surface area contributed by atoms with Crippen molar-refractivity contribution in [2.75, 3.05) is 0 Å². The fraction of sp³-hybridized carbons (Fsp3) is 0.231. The van der Waals surface area contributed by atoms with Gasteiger partial charge in [0.25, 0.3) is 0 Å². The number of hydrogen-bond acceptors (Lipinski definition) is 1. The molecule has 0 fully saturated rings. The van der Waals surface area contributed by atoms with Gasteiger partial charge in [0.1, 0.15) is 0 Å². The highest BCUT2D eigenvalue weighted by Crippen LogP contribution is 2.23. The van der Waals surface area contributed by atoms with Gasteiger partial charge in [-0.05, 0) is 37.1 Å². The summed E-state index contributed by atoms with van der Waals surface area (Å²) in [6, 6.07) is 5.82. The van der Waals surface area contributed by atoms with Crippen LogP contribution in [0.5, 0.6) is 0 Å². The lowest BCUT2D eigenvalue weighted by Crippen LogP contribution is -2.23. The first-order valence-electron chi connectivity index (χ1n) is 5.24. The average molecular weight is 235 g/mol. The van der Waals surface area contributed by atoms with Crippen molar-refractivity contribution in [1.29, 1.82) is 0 Å². The maximum absolute atomic E-state index is 5.99. The van der Waals surface area contributed by atoms with Gasteiger partial charge in [0.15, 0.2) is 0 Å². The second-order valence-corrected chi connectivity index (χ2v) is 4.60. The number of aromatic amines is 1. The van der Waals surface area contributed by atoms with Crippen LogP contribution in [0.25, 0.3) is 10.9 Å². The largest absolute Gasteiger partial charge is 0.361 e. The van der Waals surface area contributed by atoms with E-state index in [0.717, 1.165) is 27.9 Å². The summed E-state index contributed by atoms with van der Waals surface area (Å²) in [6.45, 7) is 5.82. The smallest absolute Gasteiger partial charge is 0.0457 e. The third-order valence-corrected chi connectivity index (χ3v) is 3.04. The lowest BCUT2D eigenvalue weighted by Gasteiger charge is -2.10. The standard InChI is InChI=1S/C13H15ClN2/c1-8(2)12(15)5-9-7-16-13-4-3-10(14)6-11(9)13/h3-4,6-7,12,16H,1,5,15H2,2H3. The van der Waals surface area contributed by atoms with E-state index in [1.165, 1.54) is 5.56 Å². The monoisotopic (exact) mass is 234 g/mol. The van der Waals surface area contributed by atoms with Crippen LogP contribution in [0.4, 0.5) is 0 Å². The molecule has 2 rings (SSSR count). The van der Waals surface area contributed by atoms with E-state index in [4.69, 9.17) is 17.3 Å². The van der Waals surface area contributed by atoms with Crippen LogP contribution in [-0.2, 0) is 6.42 Å². The minimum atomic E-state index is -0.00187. The second kappa shape index (κ2) is 4.32. The molecule has 0 saturated heterocycles. The number of H-pyrrole nitrogens is 1. The topological polar surface area (TPSA) is 41.8 Å². The Hall–Kier alpha value is -1.25. The molecule has 0 amide bonds. The minimum Gasteiger partial charge on any atom is -0.361 e. The Kier molecular flexibility index (Phi) is 3.03. The zero-order valence-electron chi connectivity index (χ0n) is 9.26. The van der Waals surface area contributed by atoms with E-state index in [2.05, 4.69) is 11.6 Å². The van der Waals surface area contributed by atoms with Gasteiger partial charge in [-0.2, -0.15) is 0 Å².